The van der Waals surface area contributed by atoms with Crippen LogP contribution in [0.2, 0.25) is 0 Å². The van der Waals surface area contributed by atoms with Crippen molar-refractivity contribution < 1.29 is 9.53 Å². The molecule has 0 spiro atoms. The number of nitriles is 1. The van der Waals surface area contributed by atoms with E-state index in [-0.39, 0.29) is 5.92 Å². The van der Waals surface area contributed by atoms with E-state index in [1.807, 2.05) is 19.9 Å². The fraction of sp³-hybridized carbons (Fsp3) is 0.750. The molecule has 4 nitrogen and oxygen atoms in total. The van der Waals surface area contributed by atoms with Crippen LogP contribution in [0.1, 0.15) is 20.8 Å². The molecule has 0 rings (SSSR count). The molecule has 12 heavy (non-hydrogen) atoms. The number of methoxy groups -OCH3 is 1. The van der Waals surface area contributed by atoms with Gasteiger partial charge in [-0.1, -0.05) is 13.8 Å². The second kappa shape index (κ2) is 3.96. The number of carbonyl (C=O) groups excluding carboxylic acids is 1. The van der Waals surface area contributed by atoms with Crippen LogP contribution in [0.3, 0.4) is 0 Å². The Bertz CT molecular complexity index is 208. The number of hydrogen-bond donors (Lipinski definition) is 1. The number of carbonyl (C=O) groups is 1. The average Bonchev–Trinajstić information content (AvgIpc) is 2.03. The van der Waals surface area contributed by atoms with Crippen molar-refractivity contribution in [2.24, 2.45) is 5.92 Å². The zero-order chi connectivity index (χ0) is 9.78. The first-order valence-electron chi connectivity index (χ1n) is 3.73. The van der Waals surface area contributed by atoms with Crippen LogP contribution in [0, 0.1) is 17.2 Å². The summed E-state index contributed by atoms with van der Waals surface area (Å²) in [6.07, 6.45) is -0.576. The lowest BCUT2D eigenvalue weighted by Gasteiger charge is -2.26. The fourth-order valence-corrected chi connectivity index (χ4v) is 0.564. The quantitative estimate of drug-likeness (QED) is 0.679. The van der Waals surface area contributed by atoms with Crippen LogP contribution >= 0.6 is 0 Å². The SMILES string of the molecule is COC(=O)N[C@@](C)(C#N)C(C)C. The van der Waals surface area contributed by atoms with Crippen molar-refractivity contribution in [3.05, 3.63) is 0 Å². The lowest BCUT2D eigenvalue weighted by atomic mass is 9.90. The second-order valence-electron chi connectivity index (χ2n) is 3.09. The molecule has 0 heterocycles. The van der Waals surface area contributed by atoms with Crippen molar-refractivity contribution in [3.63, 3.8) is 0 Å². The van der Waals surface area contributed by atoms with Gasteiger partial charge in [0, 0.05) is 0 Å². The smallest absolute Gasteiger partial charge is 0.408 e. The molecule has 0 bridgehead atoms. The van der Waals surface area contributed by atoms with Gasteiger partial charge in [0.05, 0.1) is 13.2 Å². The zero-order valence-corrected chi connectivity index (χ0v) is 7.84. The summed E-state index contributed by atoms with van der Waals surface area (Å²) in [5, 5.41) is 11.2. The Morgan fingerprint density at radius 1 is 1.67 bits per heavy atom. The van der Waals surface area contributed by atoms with Crippen molar-refractivity contribution in [2.45, 2.75) is 26.3 Å². The van der Waals surface area contributed by atoms with Gasteiger partial charge in [-0.05, 0) is 12.8 Å². The van der Waals surface area contributed by atoms with Crippen LogP contribution in [-0.4, -0.2) is 18.7 Å². The molecular weight excluding hydrogens is 156 g/mol. The van der Waals surface area contributed by atoms with E-state index < -0.39 is 11.6 Å². The van der Waals surface area contributed by atoms with E-state index in [9.17, 15) is 4.79 Å². The topological polar surface area (TPSA) is 62.1 Å². The Kier molecular flexibility index (Phi) is 3.55. The minimum Gasteiger partial charge on any atom is -0.453 e. The minimum absolute atomic E-state index is 0.0431. The molecule has 1 amide bonds. The molecule has 1 N–H and O–H groups in total. The third-order valence-electron chi connectivity index (χ3n) is 1.93. The van der Waals surface area contributed by atoms with Crippen LogP contribution in [0.25, 0.3) is 0 Å². The van der Waals surface area contributed by atoms with E-state index in [1.54, 1.807) is 6.92 Å². The first kappa shape index (κ1) is 10.8. The standard InChI is InChI=1S/C8H14N2O2/c1-6(2)8(3,5-9)10-7(11)12-4/h6H,1-4H3,(H,10,11)/t8-/m0/s1. The minimum atomic E-state index is -0.854. The molecule has 0 aliphatic carbocycles. The molecule has 0 unspecified atom stereocenters. The first-order valence-corrected chi connectivity index (χ1v) is 3.73. The highest BCUT2D eigenvalue weighted by atomic mass is 16.5. The van der Waals surface area contributed by atoms with Crippen molar-refractivity contribution >= 4 is 6.09 Å². The lowest BCUT2D eigenvalue weighted by molar-refractivity contribution is 0.157. The number of rotatable bonds is 2. The molecule has 1 atom stereocenters. The average molecular weight is 170 g/mol. The summed E-state index contributed by atoms with van der Waals surface area (Å²) in [7, 11) is 1.27. The van der Waals surface area contributed by atoms with Crippen molar-refractivity contribution in [2.75, 3.05) is 7.11 Å². The first-order chi connectivity index (χ1) is 5.46. The number of hydrogen-bond acceptors (Lipinski definition) is 3. The van der Waals surface area contributed by atoms with Gasteiger partial charge < -0.3 is 10.1 Å². The van der Waals surface area contributed by atoms with Gasteiger partial charge >= 0.3 is 6.09 Å². The van der Waals surface area contributed by atoms with Gasteiger partial charge in [-0.2, -0.15) is 5.26 Å². The molecular formula is C8H14N2O2. The Morgan fingerprint density at radius 2 is 2.17 bits per heavy atom. The molecule has 0 radical (unpaired) electrons. The van der Waals surface area contributed by atoms with Gasteiger partial charge in [0.15, 0.2) is 0 Å². The van der Waals surface area contributed by atoms with E-state index in [2.05, 4.69) is 10.1 Å². The molecule has 0 saturated heterocycles. The van der Waals surface area contributed by atoms with Gasteiger partial charge in [0.1, 0.15) is 5.54 Å². The van der Waals surface area contributed by atoms with E-state index in [4.69, 9.17) is 5.26 Å². The van der Waals surface area contributed by atoms with Crippen LogP contribution in [0.5, 0.6) is 0 Å². The molecule has 0 saturated carbocycles. The normalized spacial score (nSPS) is 14.7. The number of ether oxygens (including phenoxy) is 1. The molecule has 4 heteroatoms. The van der Waals surface area contributed by atoms with Gasteiger partial charge in [-0.25, -0.2) is 4.79 Å². The summed E-state index contributed by atoms with van der Waals surface area (Å²) >= 11 is 0. The van der Waals surface area contributed by atoms with Gasteiger partial charge in [-0.15, -0.1) is 0 Å². The Hall–Kier alpha value is -1.24. The lowest BCUT2D eigenvalue weighted by Crippen LogP contribution is -2.48. The molecule has 0 aromatic rings. The number of nitrogens with one attached hydrogen (secondary N) is 1. The predicted octanol–water partition coefficient (Wildman–Crippen LogP) is 1.28. The highest BCUT2D eigenvalue weighted by Crippen LogP contribution is 2.14. The maximum absolute atomic E-state index is 10.8. The maximum atomic E-state index is 10.8. The van der Waals surface area contributed by atoms with Crippen LogP contribution in [-0.2, 0) is 4.74 Å². The summed E-state index contributed by atoms with van der Waals surface area (Å²) in [4.78, 5) is 10.8. The zero-order valence-electron chi connectivity index (χ0n) is 7.84. The fourth-order valence-electron chi connectivity index (χ4n) is 0.564. The maximum Gasteiger partial charge on any atom is 0.408 e. The van der Waals surface area contributed by atoms with E-state index in [1.165, 1.54) is 7.11 Å². The molecule has 0 aliphatic heterocycles. The second-order valence-corrected chi connectivity index (χ2v) is 3.09. The largest absolute Gasteiger partial charge is 0.453 e. The molecule has 68 valence electrons. The Morgan fingerprint density at radius 3 is 2.42 bits per heavy atom. The van der Waals surface area contributed by atoms with Gasteiger partial charge in [0.2, 0.25) is 0 Å². The number of nitrogens with zero attached hydrogens (tertiary/aromatic N) is 1. The summed E-state index contributed by atoms with van der Waals surface area (Å²) in [5.74, 6) is 0.0431. The highest BCUT2D eigenvalue weighted by molar-refractivity contribution is 5.68. The molecule has 0 aromatic carbocycles. The monoisotopic (exact) mass is 170 g/mol. The summed E-state index contributed by atoms with van der Waals surface area (Å²) < 4.78 is 4.40. The predicted molar refractivity (Wildman–Crippen MR) is 44.4 cm³/mol. The molecule has 0 aromatic heterocycles. The van der Waals surface area contributed by atoms with Crippen molar-refractivity contribution in [1.82, 2.24) is 5.32 Å². The summed E-state index contributed by atoms with van der Waals surface area (Å²) in [5.41, 5.74) is -0.854. The van der Waals surface area contributed by atoms with E-state index in [0.717, 1.165) is 0 Å². The Balaban J connectivity index is 4.37. The van der Waals surface area contributed by atoms with Crippen LogP contribution in [0.15, 0.2) is 0 Å². The van der Waals surface area contributed by atoms with Crippen molar-refractivity contribution in [1.29, 1.82) is 5.26 Å². The van der Waals surface area contributed by atoms with Gasteiger partial charge in [0.25, 0.3) is 0 Å². The molecule has 0 aliphatic rings. The molecule has 0 fully saturated rings. The number of amides is 1. The highest BCUT2D eigenvalue weighted by Gasteiger charge is 2.30. The summed E-state index contributed by atoms with van der Waals surface area (Å²) in [6.45, 7) is 5.38. The number of alkyl carbamates (subject to hydrolysis) is 1. The Labute approximate surface area is 72.5 Å². The van der Waals surface area contributed by atoms with Gasteiger partial charge in [-0.3, -0.25) is 0 Å². The van der Waals surface area contributed by atoms with Crippen molar-refractivity contribution in [3.8, 4) is 6.07 Å². The third kappa shape index (κ3) is 2.42. The van der Waals surface area contributed by atoms with E-state index >= 15 is 0 Å². The third-order valence-corrected chi connectivity index (χ3v) is 1.93. The van der Waals surface area contributed by atoms with Crippen LogP contribution in [0.4, 0.5) is 4.79 Å². The van der Waals surface area contributed by atoms with E-state index in [0.29, 0.717) is 0 Å². The van der Waals surface area contributed by atoms with Crippen LogP contribution < -0.4 is 5.32 Å². The summed E-state index contributed by atoms with van der Waals surface area (Å²) in [6, 6.07) is 2.03.